The largest absolute Gasteiger partial charge is 0.478 e. The van der Waals surface area contributed by atoms with Crippen LogP contribution in [-0.4, -0.2) is 17.1 Å². The predicted molar refractivity (Wildman–Crippen MR) is 79.1 cm³/mol. The van der Waals surface area contributed by atoms with E-state index in [1.165, 1.54) is 17.2 Å². The van der Waals surface area contributed by atoms with Crippen molar-refractivity contribution >= 4 is 17.3 Å². The molecule has 0 saturated carbocycles. The number of rotatable bonds is 3. The molecule has 0 aliphatic heterocycles. The Morgan fingerprint density at radius 1 is 1.15 bits per heavy atom. The van der Waals surface area contributed by atoms with Gasteiger partial charge in [-0.1, -0.05) is 24.3 Å². The fourth-order valence-corrected chi connectivity index (χ4v) is 2.71. The van der Waals surface area contributed by atoms with Gasteiger partial charge in [0.2, 0.25) is 0 Å². The summed E-state index contributed by atoms with van der Waals surface area (Å²) >= 11 is 0. The molecule has 0 fully saturated rings. The summed E-state index contributed by atoms with van der Waals surface area (Å²) in [7, 11) is 0. The predicted octanol–water partition coefficient (Wildman–Crippen LogP) is 2.55. The zero-order chi connectivity index (χ0) is 14.1. The first-order chi connectivity index (χ1) is 9.63. The van der Waals surface area contributed by atoms with Gasteiger partial charge in [-0.25, -0.2) is 4.79 Å². The molecule has 3 rings (SSSR count). The normalized spacial score (nSPS) is 14.0. The molecule has 0 unspecified atom stereocenters. The van der Waals surface area contributed by atoms with E-state index in [0.717, 1.165) is 18.5 Å². The Kier molecular flexibility index (Phi) is 3.06. The number of aromatic carboxylic acids is 1. The van der Waals surface area contributed by atoms with E-state index in [0.29, 0.717) is 11.7 Å². The third-order valence-electron chi connectivity index (χ3n) is 3.71. The van der Waals surface area contributed by atoms with Crippen LogP contribution in [0.1, 0.15) is 21.5 Å². The Labute approximate surface area is 117 Å². The van der Waals surface area contributed by atoms with Crippen LogP contribution in [0.2, 0.25) is 0 Å². The number of fused-ring (bicyclic) bond motifs is 1. The number of carbonyl (C=O) groups is 1. The molecule has 4 N–H and O–H groups in total. The van der Waals surface area contributed by atoms with Gasteiger partial charge in [0.1, 0.15) is 0 Å². The number of nitrogens with one attached hydrogen (secondary N) is 1. The van der Waals surface area contributed by atoms with Crippen molar-refractivity contribution in [1.82, 2.24) is 0 Å². The maximum absolute atomic E-state index is 10.9. The molecule has 0 amide bonds. The molecule has 2 aromatic carbocycles. The molecular weight excluding hydrogens is 252 g/mol. The number of nitrogen functional groups attached to an aromatic ring is 1. The summed E-state index contributed by atoms with van der Waals surface area (Å²) in [5.74, 6) is -0.962. The number of hydrogen-bond donors (Lipinski definition) is 3. The van der Waals surface area contributed by atoms with Crippen molar-refractivity contribution in [1.29, 1.82) is 0 Å². The smallest absolute Gasteiger partial charge is 0.335 e. The minimum absolute atomic E-state index is 0.211. The molecule has 2 aromatic rings. The van der Waals surface area contributed by atoms with Crippen molar-refractivity contribution in [3.05, 3.63) is 59.2 Å². The molecule has 0 saturated heterocycles. The number of carboxylic acid groups (broad SMARTS) is 1. The van der Waals surface area contributed by atoms with Crippen LogP contribution < -0.4 is 11.1 Å². The highest BCUT2D eigenvalue weighted by Gasteiger charge is 2.21. The van der Waals surface area contributed by atoms with E-state index < -0.39 is 5.97 Å². The Hall–Kier alpha value is -2.49. The monoisotopic (exact) mass is 268 g/mol. The van der Waals surface area contributed by atoms with Gasteiger partial charge < -0.3 is 16.2 Å². The van der Waals surface area contributed by atoms with Crippen molar-refractivity contribution in [3.8, 4) is 0 Å². The summed E-state index contributed by atoms with van der Waals surface area (Å²) in [4.78, 5) is 10.9. The second-order valence-corrected chi connectivity index (χ2v) is 5.13. The molecule has 4 heteroatoms. The summed E-state index contributed by atoms with van der Waals surface area (Å²) in [6.45, 7) is 0. The third kappa shape index (κ3) is 2.32. The molecule has 102 valence electrons. The number of anilines is 2. The van der Waals surface area contributed by atoms with Crippen molar-refractivity contribution in [2.24, 2.45) is 0 Å². The molecule has 1 aliphatic rings. The van der Waals surface area contributed by atoms with Gasteiger partial charge in [0.15, 0.2) is 0 Å². The quantitative estimate of drug-likeness (QED) is 0.748. The summed E-state index contributed by atoms with van der Waals surface area (Å²) in [5.41, 5.74) is 10.1. The molecule has 20 heavy (non-hydrogen) atoms. The maximum atomic E-state index is 10.9. The Bertz CT molecular complexity index is 642. The van der Waals surface area contributed by atoms with Crippen LogP contribution in [0.4, 0.5) is 11.4 Å². The van der Waals surface area contributed by atoms with Crippen LogP contribution in [0.3, 0.4) is 0 Å². The highest BCUT2D eigenvalue weighted by atomic mass is 16.4. The Morgan fingerprint density at radius 3 is 2.35 bits per heavy atom. The average Bonchev–Trinajstić information content (AvgIpc) is 2.83. The lowest BCUT2D eigenvalue weighted by molar-refractivity contribution is 0.0697. The van der Waals surface area contributed by atoms with Crippen LogP contribution in [0.25, 0.3) is 0 Å². The molecule has 0 atom stereocenters. The minimum atomic E-state index is -0.962. The van der Waals surface area contributed by atoms with E-state index in [1.54, 1.807) is 12.1 Å². The van der Waals surface area contributed by atoms with Gasteiger partial charge in [0.05, 0.1) is 16.9 Å². The van der Waals surface area contributed by atoms with E-state index in [1.807, 2.05) is 0 Å². The molecule has 0 bridgehead atoms. The molecule has 0 spiro atoms. The number of hydrogen-bond acceptors (Lipinski definition) is 3. The molecule has 0 heterocycles. The number of nitrogens with two attached hydrogens (primary N) is 1. The lowest BCUT2D eigenvalue weighted by Gasteiger charge is -2.15. The third-order valence-corrected chi connectivity index (χ3v) is 3.71. The lowest BCUT2D eigenvalue weighted by atomic mass is 10.1. The lowest BCUT2D eigenvalue weighted by Crippen LogP contribution is -2.20. The van der Waals surface area contributed by atoms with Crippen molar-refractivity contribution in [2.45, 2.75) is 18.9 Å². The molecular formula is C16H16N2O2. The highest BCUT2D eigenvalue weighted by molar-refractivity contribution is 5.90. The van der Waals surface area contributed by atoms with Gasteiger partial charge in [0, 0.05) is 6.04 Å². The molecule has 0 radical (unpaired) electrons. The van der Waals surface area contributed by atoms with Crippen LogP contribution in [-0.2, 0) is 12.8 Å². The van der Waals surface area contributed by atoms with Gasteiger partial charge in [-0.15, -0.1) is 0 Å². The van der Waals surface area contributed by atoms with Gasteiger partial charge >= 0.3 is 5.97 Å². The zero-order valence-corrected chi connectivity index (χ0v) is 11.0. The van der Waals surface area contributed by atoms with Gasteiger partial charge in [-0.05, 0) is 42.2 Å². The first-order valence-corrected chi connectivity index (χ1v) is 6.59. The summed E-state index contributed by atoms with van der Waals surface area (Å²) in [5, 5.41) is 12.3. The number of carboxylic acids is 1. The second kappa shape index (κ2) is 4.89. The van der Waals surface area contributed by atoms with Gasteiger partial charge in [-0.3, -0.25) is 0 Å². The van der Waals surface area contributed by atoms with Crippen molar-refractivity contribution in [3.63, 3.8) is 0 Å². The Balaban J connectivity index is 1.75. The van der Waals surface area contributed by atoms with Crippen LogP contribution in [0.5, 0.6) is 0 Å². The van der Waals surface area contributed by atoms with E-state index >= 15 is 0 Å². The fourth-order valence-electron chi connectivity index (χ4n) is 2.71. The second-order valence-electron chi connectivity index (χ2n) is 5.13. The van der Waals surface area contributed by atoms with Crippen molar-refractivity contribution in [2.75, 3.05) is 11.1 Å². The number of benzene rings is 2. The Morgan fingerprint density at radius 2 is 1.80 bits per heavy atom. The minimum Gasteiger partial charge on any atom is -0.478 e. The van der Waals surface area contributed by atoms with E-state index in [9.17, 15) is 4.79 Å². The molecule has 4 nitrogen and oxygen atoms in total. The average molecular weight is 268 g/mol. The zero-order valence-electron chi connectivity index (χ0n) is 11.0. The van der Waals surface area contributed by atoms with Crippen LogP contribution in [0.15, 0.2) is 42.5 Å². The van der Waals surface area contributed by atoms with Gasteiger partial charge in [-0.2, -0.15) is 0 Å². The maximum Gasteiger partial charge on any atom is 0.335 e. The summed E-state index contributed by atoms with van der Waals surface area (Å²) < 4.78 is 0. The van der Waals surface area contributed by atoms with Gasteiger partial charge in [0.25, 0.3) is 0 Å². The first-order valence-electron chi connectivity index (χ1n) is 6.59. The molecule has 0 aromatic heterocycles. The molecule has 1 aliphatic carbocycles. The van der Waals surface area contributed by atoms with E-state index in [4.69, 9.17) is 10.8 Å². The highest BCUT2D eigenvalue weighted by Crippen LogP contribution is 2.27. The van der Waals surface area contributed by atoms with Crippen LogP contribution >= 0.6 is 0 Å². The summed E-state index contributed by atoms with van der Waals surface area (Å²) in [6, 6.07) is 13.5. The SMILES string of the molecule is Nc1cc(C(=O)O)ccc1NC1Cc2ccccc2C1. The first kappa shape index (κ1) is 12.5. The summed E-state index contributed by atoms with van der Waals surface area (Å²) in [6.07, 6.45) is 1.94. The standard InChI is InChI=1S/C16H16N2O2/c17-14-9-12(16(19)20)5-6-15(14)18-13-7-10-3-1-2-4-11(10)8-13/h1-6,9,13,18H,7-8,17H2,(H,19,20). The van der Waals surface area contributed by atoms with E-state index in [2.05, 4.69) is 29.6 Å². The fraction of sp³-hybridized carbons (Fsp3) is 0.188. The van der Waals surface area contributed by atoms with Crippen LogP contribution in [0, 0.1) is 0 Å². The topological polar surface area (TPSA) is 75.4 Å². The van der Waals surface area contributed by atoms with E-state index in [-0.39, 0.29) is 5.56 Å². The van der Waals surface area contributed by atoms with Crippen molar-refractivity contribution < 1.29 is 9.90 Å².